The average molecular weight is 1520 g/mol. The molecule has 0 rings (SSSR count). The SMILES string of the molecule is CCCCCCCCCCCCCCCCCCCCCCCC(=O)OC[C@H](COP(=O)(O)OC[C@@H](O)COP(=O)(O)OC[C@@H](COC(=O)CCCCCCCCCC)OC(=O)CCCCCCCCCCCCCCCC)OC(=O)CCCCCCCCCCCCCCCCCCCCC(C)C. The third-order valence-corrected chi connectivity index (χ3v) is 21.9. The fourth-order valence-corrected chi connectivity index (χ4v) is 14.9. The number of carbonyl (C=O) groups excluding carboxylic acids is 4. The molecule has 0 aliphatic heterocycles. The lowest BCUT2D eigenvalue weighted by molar-refractivity contribution is -0.161. The Bertz CT molecular complexity index is 1980. The molecule has 0 heterocycles. The van der Waals surface area contributed by atoms with E-state index in [0.717, 1.165) is 95.8 Å². The lowest BCUT2D eigenvalue weighted by atomic mass is 10.0. The van der Waals surface area contributed by atoms with E-state index in [9.17, 15) is 43.2 Å². The van der Waals surface area contributed by atoms with Gasteiger partial charge in [-0.1, -0.05) is 407 Å². The van der Waals surface area contributed by atoms with Gasteiger partial charge < -0.3 is 33.8 Å². The van der Waals surface area contributed by atoms with Gasteiger partial charge in [0.2, 0.25) is 0 Å². The van der Waals surface area contributed by atoms with Crippen LogP contribution in [0.1, 0.15) is 458 Å². The van der Waals surface area contributed by atoms with Crippen LogP contribution >= 0.6 is 15.6 Å². The van der Waals surface area contributed by atoms with E-state index < -0.39 is 97.5 Å². The molecule has 0 saturated heterocycles. The van der Waals surface area contributed by atoms with Crippen molar-refractivity contribution in [2.45, 2.75) is 477 Å². The lowest BCUT2D eigenvalue weighted by Crippen LogP contribution is -2.30. The fourth-order valence-electron chi connectivity index (χ4n) is 13.3. The van der Waals surface area contributed by atoms with Crippen LogP contribution in [0, 0.1) is 5.92 Å². The summed E-state index contributed by atoms with van der Waals surface area (Å²) in [5.74, 6) is -1.28. The predicted molar refractivity (Wildman–Crippen MR) is 428 cm³/mol. The Morgan fingerprint density at radius 3 is 0.654 bits per heavy atom. The summed E-state index contributed by atoms with van der Waals surface area (Å²) >= 11 is 0. The second-order valence-corrected chi connectivity index (χ2v) is 34.0. The number of aliphatic hydroxyl groups excluding tert-OH is 1. The van der Waals surface area contributed by atoms with Gasteiger partial charge in [0.15, 0.2) is 12.2 Å². The number of carbonyl (C=O) groups is 4. The molecule has 17 nitrogen and oxygen atoms in total. The molecule has 2 unspecified atom stereocenters. The van der Waals surface area contributed by atoms with Crippen molar-refractivity contribution in [3.8, 4) is 0 Å². The molecule has 0 amide bonds. The van der Waals surface area contributed by atoms with Crippen molar-refractivity contribution in [3.05, 3.63) is 0 Å². The minimum atomic E-state index is -4.96. The Morgan fingerprint density at radius 1 is 0.260 bits per heavy atom. The molecule has 0 spiro atoms. The van der Waals surface area contributed by atoms with E-state index in [1.165, 1.54) is 283 Å². The summed E-state index contributed by atoms with van der Waals surface area (Å²) in [6, 6.07) is 0. The predicted octanol–water partition coefficient (Wildman–Crippen LogP) is 26.0. The first-order chi connectivity index (χ1) is 50.5. The summed E-state index contributed by atoms with van der Waals surface area (Å²) in [5, 5.41) is 10.7. The molecular formula is C85H166O17P2. The number of phosphoric acid groups is 2. The van der Waals surface area contributed by atoms with Gasteiger partial charge in [0.05, 0.1) is 26.4 Å². The van der Waals surface area contributed by atoms with E-state index in [1.807, 2.05) is 0 Å². The van der Waals surface area contributed by atoms with Crippen LogP contribution in [0.3, 0.4) is 0 Å². The molecule has 0 aromatic carbocycles. The highest BCUT2D eigenvalue weighted by Crippen LogP contribution is 2.45. The minimum Gasteiger partial charge on any atom is -0.462 e. The van der Waals surface area contributed by atoms with Gasteiger partial charge in [-0.15, -0.1) is 0 Å². The number of hydrogen-bond acceptors (Lipinski definition) is 15. The van der Waals surface area contributed by atoms with Gasteiger partial charge in [-0.25, -0.2) is 9.13 Å². The van der Waals surface area contributed by atoms with E-state index in [2.05, 4.69) is 34.6 Å². The first-order valence-electron chi connectivity index (χ1n) is 44.1. The van der Waals surface area contributed by atoms with E-state index >= 15 is 0 Å². The number of ether oxygens (including phenoxy) is 4. The van der Waals surface area contributed by atoms with E-state index in [4.69, 9.17) is 37.0 Å². The van der Waals surface area contributed by atoms with E-state index in [0.29, 0.717) is 25.7 Å². The first kappa shape index (κ1) is 102. The Kier molecular flexibility index (Phi) is 76.3. The van der Waals surface area contributed by atoms with Gasteiger partial charge in [0.1, 0.15) is 19.3 Å². The summed E-state index contributed by atoms with van der Waals surface area (Å²) < 4.78 is 68.8. The molecule has 3 N–H and O–H groups in total. The van der Waals surface area contributed by atoms with Gasteiger partial charge in [0.25, 0.3) is 0 Å². The van der Waals surface area contributed by atoms with Gasteiger partial charge in [-0.2, -0.15) is 0 Å². The van der Waals surface area contributed by atoms with Crippen molar-refractivity contribution < 1.29 is 80.2 Å². The second kappa shape index (κ2) is 77.8. The van der Waals surface area contributed by atoms with Crippen molar-refractivity contribution in [2.24, 2.45) is 5.92 Å². The summed E-state index contributed by atoms with van der Waals surface area (Å²) in [5.41, 5.74) is 0. The van der Waals surface area contributed by atoms with Gasteiger partial charge in [-0.05, 0) is 31.6 Å². The van der Waals surface area contributed by atoms with Crippen molar-refractivity contribution in [3.63, 3.8) is 0 Å². The largest absolute Gasteiger partial charge is 0.472 e. The average Bonchev–Trinajstić information content (AvgIpc) is 0.937. The number of aliphatic hydroxyl groups is 1. The Morgan fingerprint density at radius 2 is 0.442 bits per heavy atom. The molecule has 0 saturated carbocycles. The Balaban J connectivity index is 5.17. The molecule has 19 heteroatoms. The van der Waals surface area contributed by atoms with E-state index in [-0.39, 0.29) is 25.7 Å². The van der Waals surface area contributed by atoms with Gasteiger partial charge in [-0.3, -0.25) is 37.3 Å². The number of unbranched alkanes of at least 4 members (excludes halogenated alkanes) is 57. The van der Waals surface area contributed by atoms with Crippen LogP contribution in [-0.2, 0) is 65.4 Å². The van der Waals surface area contributed by atoms with Crippen LogP contribution < -0.4 is 0 Å². The summed E-state index contributed by atoms with van der Waals surface area (Å²) in [6.07, 6.45) is 71.0. The van der Waals surface area contributed by atoms with E-state index in [1.54, 1.807) is 0 Å². The number of hydrogen-bond donors (Lipinski definition) is 3. The maximum Gasteiger partial charge on any atom is 0.472 e. The summed E-state index contributed by atoms with van der Waals surface area (Å²) in [7, 11) is -9.92. The number of phosphoric ester groups is 2. The molecule has 5 atom stereocenters. The van der Waals surface area contributed by atoms with Crippen LogP contribution in [0.5, 0.6) is 0 Å². The lowest BCUT2D eigenvalue weighted by Gasteiger charge is -2.21. The molecule has 0 radical (unpaired) electrons. The molecule has 0 aromatic rings. The molecule has 0 aliphatic carbocycles. The Hall–Kier alpha value is -1.94. The highest BCUT2D eigenvalue weighted by molar-refractivity contribution is 7.47. The minimum absolute atomic E-state index is 0.108. The molecule has 104 heavy (non-hydrogen) atoms. The standard InChI is InChI=1S/C85H166O17P2/c1-6-9-12-15-18-21-23-25-27-28-29-30-31-35-38-42-45-49-54-59-64-69-83(88)96-75-81(102-85(90)71-66-61-56-51-47-43-39-36-33-32-34-37-40-44-48-52-57-62-67-78(4)5)77-100-104(93,94)98-73-79(86)72-97-103(91,92)99-76-80(74-95-82(87)68-63-58-53-20-17-14-11-8-3)101-84(89)70-65-60-55-50-46-41-26-24-22-19-16-13-10-7-2/h78-81,86H,6-77H2,1-5H3,(H,91,92)(H,93,94)/t79-,80+,81+/m0/s1. The van der Waals surface area contributed by atoms with Crippen molar-refractivity contribution >= 4 is 39.5 Å². The molecular weight excluding hydrogens is 1350 g/mol. The molecule has 618 valence electrons. The number of esters is 4. The zero-order chi connectivity index (χ0) is 76.2. The molecule has 0 aromatic heterocycles. The molecule has 0 bridgehead atoms. The van der Waals surface area contributed by atoms with Crippen LogP contribution in [0.4, 0.5) is 0 Å². The van der Waals surface area contributed by atoms with Crippen LogP contribution in [-0.4, -0.2) is 96.7 Å². The fraction of sp³-hybridized carbons (Fsp3) is 0.953. The highest BCUT2D eigenvalue weighted by Gasteiger charge is 2.30. The highest BCUT2D eigenvalue weighted by atomic mass is 31.2. The molecule has 0 aliphatic rings. The van der Waals surface area contributed by atoms with Crippen LogP contribution in [0.2, 0.25) is 0 Å². The third kappa shape index (κ3) is 78.2. The maximum atomic E-state index is 13.1. The number of rotatable bonds is 85. The summed E-state index contributed by atoms with van der Waals surface area (Å²) in [6.45, 7) is 7.36. The zero-order valence-corrected chi connectivity index (χ0v) is 70.0. The van der Waals surface area contributed by atoms with Gasteiger partial charge >= 0.3 is 39.5 Å². The quantitative estimate of drug-likeness (QED) is 0.0222. The van der Waals surface area contributed by atoms with Crippen LogP contribution in [0.15, 0.2) is 0 Å². The monoisotopic (exact) mass is 1520 g/mol. The zero-order valence-electron chi connectivity index (χ0n) is 68.2. The summed E-state index contributed by atoms with van der Waals surface area (Å²) in [4.78, 5) is 73.0. The smallest absolute Gasteiger partial charge is 0.462 e. The van der Waals surface area contributed by atoms with Crippen molar-refractivity contribution in [1.82, 2.24) is 0 Å². The molecule has 0 fully saturated rings. The normalized spacial score (nSPS) is 13.8. The Labute approximate surface area is 638 Å². The maximum absolute atomic E-state index is 13.1. The van der Waals surface area contributed by atoms with Crippen molar-refractivity contribution in [1.29, 1.82) is 0 Å². The second-order valence-electron chi connectivity index (χ2n) is 31.1. The van der Waals surface area contributed by atoms with Crippen molar-refractivity contribution in [2.75, 3.05) is 39.6 Å². The van der Waals surface area contributed by atoms with Crippen LogP contribution in [0.25, 0.3) is 0 Å². The third-order valence-electron chi connectivity index (χ3n) is 20.0. The first-order valence-corrected chi connectivity index (χ1v) is 47.1. The van der Waals surface area contributed by atoms with Gasteiger partial charge in [0, 0.05) is 25.7 Å². The topological polar surface area (TPSA) is 237 Å².